The van der Waals surface area contributed by atoms with E-state index < -0.39 is 11.9 Å². The number of benzene rings is 1. The zero-order valence-electron chi connectivity index (χ0n) is 22.7. The van der Waals surface area contributed by atoms with Crippen LogP contribution in [-0.4, -0.2) is 68.2 Å². The molecule has 1 aromatic carbocycles. The third-order valence-electron chi connectivity index (χ3n) is 9.18. The van der Waals surface area contributed by atoms with E-state index in [9.17, 15) is 19.8 Å². The highest BCUT2D eigenvalue weighted by Gasteiger charge is 2.48. The molecule has 190 valence electrons. The van der Waals surface area contributed by atoms with Gasteiger partial charge in [-0.05, 0) is 130 Å². The van der Waals surface area contributed by atoms with Gasteiger partial charge >= 0.3 is 11.9 Å². The number of rotatable bonds is 4. The van der Waals surface area contributed by atoms with Gasteiger partial charge in [-0.15, -0.1) is 0 Å². The molecular formula is C28H44N2O4. The molecule has 2 saturated heterocycles. The lowest BCUT2D eigenvalue weighted by Gasteiger charge is -2.56. The van der Waals surface area contributed by atoms with Crippen molar-refractivity contribution in [2.75, 3.05) is 14.1 Å². The van der Waals surface area contributed by atoms with Crippen molar-refractivity contribution < 1.29 is 19.8 Å². The highest BCUT2D eigenvalue weighted by atomic mass is 16.4. The number of carboxylic acids is 2. The zero-order valence-corrected chi connectivity index (χ0v) is 22.7. The summed E-state index contributed by atoms with van der Waals surface area (Å²) in [7, 11) is 4.26. The second-order valence-electron chi connectivity index (χ2n) is 13.2. The molecule has 2 aliphatic rings. The first kappa shape index (κ1) is 26.7. The Labute approximate surface area is 205 Å². The molecule has 0 aliphatic carbocycles. The predicted octanol–water partition coefficient (Wildman–Crippen LogP) is 5.82. The first-order valence-electron chi connectivity index (χ1n) is 12.4. The van der Waals surface area contributed by atoms with Crippen LogP contribution in [0.3, 0.4) is 0 Å². The fourth-order valence-electron chi connectivity index (χ4n) is 7.04. The van der Waals surface area contributed by atoms with Gasteiger partial charge in [0.25, 0.3) is 0 Å². The van der Waals surface area contributed by atoms with E-state index in [0.717, 1.165) is 36.8 Å². The molecule has 6 nitrogen and oxygen atoms in total. The summed E-state index contributed by atoms with van der Waals surface area (Å²) in [6.45, 7) is 17.6. The molecule has 1 aromatic rings. The number of nitrogens with zero attached hydrogens (tertiary/aromatic N) is 2. The number of aromatic carboxylic acids is 2. The van der Waals surface area contributed by atoms with Crippen LogP contribution in [0, 0.1) is 0 Å². The van der Waals surface area contributed by atoms with Gasteiger partial charge in [0.05, 0.1) is 11.1 Å². The summed E-state index contributed by atoms with van der Waals surface area (Å²) in [4.78, 5) is 29.8. The quantitative estimate of drug-likeness (QED) is 0.575. The number of hydrogen-bond acceptors (Lipinski definition) is 4. The summed E-state index contributed by atoms with van der Waals surface area (Å²) in [5, 5.41) is 20.5. The topological polar surface area (TPSA) is 81.1 Å². The molecule has 0 saturated carbocycles. The van der Waals surface area contributed by atoms with Crippen LogP contribution in [0.1, 0.15) is 125 Å². The molecule has 6 heteroatoms. The second kappa shape index (κ2) is 8.34. The van der Waals surface area contributed by atoms with Crippen molar-refractivity contribution in [1.82, 2.24) is 9.80 Å². The maximum absolute atomic E-state index is 12.5. The number of carboxylic acid groups (broad SMARTS) is 2. The largest absolute Gasteiger partial charge is 0.478 e. The van der Waals surface area contributed by atoms with Crippen molar-refractivity contribution in [2.45, 2.75) is 115 Å². The molecule has 0 spiro atoms. The van der Waals surface area contributed by atoms with Crippen LogP contribution < -0.4 is 0 Å². The molecule has 0 atom stereocenters. The minimum absolute atomic E-state index is 0.0347. The van der Waals surface area contributed by atoms with E-state index in [0.29, 0.717) is 0 Å². The minimum Gasteiger partial charge on any atom is -0.478 e. The maximum atomic E-state index is 12.5. The lowest BCUT2D eigenvalue weighted by Crippen LogP contribution is -2.59. The molecule has 3 rings (SSSR count). The number of likely N-dealkylation sites (tertiary alicyclic amines) is 2. The van der Waals surface area contributed by atoms with Crippen LogP contribution in [0.15, 0.2) is 12.1 Å². The molecule has 2 fully saturated rings. The van der Waals surface area contributed by atoms with Crippen molar-refractivity contribution in [2.24, 2.45) is 0 Å². The van der Waals surface area contributed by atoms with Gasteiger partial charge in [0.1, 0.15) is 0 Å². The van der Waals surface area contributed by atoms with Crippen LogP contribution in [0.5, 0.6) is 0 Å². The van der Waals surface area contributed by atoms with E-state index in [1.807, 2.05) is 0 Å². The van der Waals surface area contributed by atoms with Gasteiger partial charge in [-0.25, -0.2) is 9.59 Å². The van der Waals surface area contributed by atoms with E-state index in [4.69, 9.17) is 0 Å². The Morgan fingerprint density at radius 3 is 1.09 bits per heavy atom. The Bertz CT molecular complexity index is 877. The fraction of sp³-hybridized carbons (Fsp3) is 0.714. The van der Waals surface area contributed by atoms with Crippen molar-refractivity contribution >= 4 is 11.9 Å². The Hall–Kier alpha value is -1.92. The molecule has 0 aromatic heterocycles. The van der Waals surface area contributed by atoms with Crippen LogP contribution >= 0.6 is 0 Å². The SMILES string of the molecule is CN1C(C)(C)CC(c2c(C(=O)O)ccc(C(=O)O)c2C2CC(C)(C)N(C)C(C)(C)C2)CC1(C)C. The van der Waals surface area contributed by atoms with Gasteiger partial charge in [-0.3, -0.25) is 9.80 Å². The molecule has 2 N–H and O–H groups in total. The number of hydrogen-bond donors (Lipinski definition) is 2. The van der Waals surface area contributed by atoms with Gasteiger partial charge in [0, 0.05) is 22.2 Å². The fourth-order valence-corrected chi connectivity index (χ4v) is 7.04. The van der Waals surface area contributed by atoms with Crippen molar-refractivity contribution in [3.63, 3.8) is 0 Å². The molecule has 0 unspecified atom stereocenters. The van der Waals surface area contributed by atoms with Crippen molar-refractivity contribution in [1.29, 1.82) is 0 Å². The summed E-state index contributed by atoms with van der Waals surface area (Å²) < 4.78 is 0. The Morgan fingerprint density at radius 2 is 0.882 bits per heavy atom. The minimum atomic E-state index is -0.978. The second-order valence-corrected chi connectivity index (χ2v) is 13.2. The molecular weight excluding hydrogens is 428 g/mol. The maximum Gasteiger partial charge on any atom is 0.335 e. The molecule has 2 heterocycles. The third kappa shape index (κ3) is 4.51. The lowest BCUT2D eigenvalue weighted by molar-refractivity contribution is -0.0174. The van der Waals surface area contributed by atoms with E-state index in [1.54, 1.807) is 0 Å². The molecule has 0 bridgehead atoms. The van der Waals surface area contributed by atoms with Crippen LogP contribution in [-0.2, 0) is 0 Å². The highest BCUT2D eigenvalue weighted by molar-refractivity contribution is 5.95. The van der Waals surface area contributed by atoms with Crippen molar-refractivity contribution in [3.8, 4) is 0 Å². The lowest BCUT2D eigenvalue weighted by atomic mass is 9.65. The van der Waals surface area contributed by atoms with Crippen LogP contribution in [0.25, 0.3) is 0 Å². The summed E-state index contributed by atoms with van der Waals surface area (Å²) in [6, 6.07) is 3.04. The summed E-state index contributed by atoms with van der Waals surface area (Å²) >= 11 is 0. The van der Waals surface area contributed by atoms with E-state index in [1.165, 1.54) is 12.1 Å². The molecule has 34 heavy (non-hydrogen) atoms. The molecule has 2 aliphatic heterocycles. The van der Waals surface area contributed by atoms with E-state index in [2.05, 4.69) is 79.3 Å². The van der Waals surface area contributed by atoms with Gasteiger partial charge in [0.2, 0.25) is 0 Å². The van der Waals surface area contributed by atoms with Crippen molar-refractivity contribution in [3.05, 3.63) is 34.4 Å². The standard InChI is InChI=1S/C28H44N2O4/c1-25(2)13-17(14-26(3,4)29(25)9)21-19(23(31)32)11-12-20(24(33)34)22(21)18-15-27(5,6)30(10)28(7,8)16-18/h11-12,17-18H,13-16H2,1-10H3,(H,31,32)(H,33,34). The monoisotopic (exact) mass is 472 g/mol. The summed E-state index contributed by atoms with van der Waals surface area (Å²) in [5.41, 5.74) is 1.43. The normalized spacial score (nSPS) is 25.2. The summed E-state index contributed by atoms with van der Waals surface area (Å²) in [6.07, 6.45) is 3.12. The smallest absolute Gasteiger partial charge is 0.335 e. The van der Waals surface area contributed by atoms with E-state index >= 15 is 0 Å². The Morgan fingerprint density at radius 1 is 0.647 bits per heavy atom. The molecule has 0 amide bonds. The average Bonchev–Trinajstić information content (AvgIpc) is 2.67. The number of piperidine rings is 2. The highest BCUT2D eigenvalue weighted by Crippen LogP contribution is 2.52. The van der Waals surface area contributed by atoms with E-state index in [-0.39, 0.29) is 45.1 Å². The predicted molar refractivity (Wildman–Crippen MR) is 136 cm³/mol. The van der Waals surface area contributed by atoms with Gasteiger partial charge < -0.3 is 10.2 Å². The van der Waals surface area contributed by atoms with Crippen LogP contribution in [0.2, 0.25) is 0 Å². The first-order valence-corrected chi connectivity index (χ1v) is 12.4. The first-order chi connectivity index (χ1) is 15.3. The number of carbonyl (C=O) groups is 2. The zero-order chi connectivity index (χ0) is 26.0. The Kier molecular flexibility index (Phi) is 6.54. The van der Waals surface area contributed by atoms with Gasteiger partial charge in [-0.2, -0.15) is 0 Å². The van der Waals surface area contributed by atoms with Gasteiger partial charge in [0.15, 0.2) is 0 Å². The molecule has 0 radical (unpaired) electrons. The van der Waals surface area contributed by atoms with Crippen LogP contribution in [0.4, 0.5) is 0 Å². The summed E-state index contributed by atoms with van der Waals surface area (Å²) in [5.74, 6) is -2.02. The Balaban J connectivity index is 2.31. The third-order valence-corrected chi connectivity index (χ3v) is 9.18. The van der Waals surface area contributed by atoms with Gasteiger partial charge in [-0.1, -0.05) is 0 Å². The average molecular weight is 473 g/mol.